The number of fused-ring (bicyclic) bond motifs is 1. The molecule has 1 heterocycles. The van der Waals surface area contributed by atoms with Crippen LogP contribution in [-0.4, -0.2) is 12.1 Å². The van der Waals surface area contributed by atoms with E-state index in [-0.39, 0.29) is 12.0 Å². The third-order valence-corrected chi connectivity index (χ3v) is 7.82. The van der Waals surface area contributed by atoms with Crippen LogP contribution in [0.25, 0.3) is 22.0 Å². The zero-order valence-electron chi connectivity index (χ0n) is 23.0. The summed E-state index contributed by atoms with van der Waals surface area (Å²) in [5.41, 5.74) is 14.2. The van der Waals surface area contributed by atoms with Crippen LogP contribution in [0, 0.1) is 6.92 Å². The van der Waals surface area contributed by atoms with Crippen molar-refractivity contribution in [3.8, 4) is 17.0 Å². The maximum absolute atomic E-state index is 5.75. The van der Waals surface area contributed by atoms with E-state index in [1.807, 2.05) is 12.1 Å². The van der Waals surface area contributed by atoms with Crippen molar-refractivity contribution in [1.82, 2.24) is 4.98 Å². The summed E-state index contributed by atoms with van der Waals surface area (Å²) in [5, 5.41) is 2.37. The maximum Gasteiger partial charge on any atom is 0.153 e. The molecule has 0 radical (unpaired) electrons. The number of nitrogens with zero attached hydrogens (tertiary/aromatic N) is 1. The van der Waals surface area contributed by atoms with E-state index < -0.39 is 0 Å². The highest BCUT2D eigenvalue weighted by Gasteiger charge is 2.24. The minimum Gasteiger partial charge on any atom is -0.497 e. The van der Waals surface area contributed by atoms with Crippen LogP contribution in [0.3, 0.4) is 0 Å². The van der Waals surface area contributed by atoms with Gasteiger partial charge in [-0.05, 0) is 45.9 Å². The lowest BCUT2D eigenvalue weighted by molar-refractivity contribution is -0.412. The number of ether oxygens (including phenoxy) is 1. The molecule has 5 rings (SSSR count). The molecule has 0 spiro atoms. The minimum atomic E-state index is -0.147. The fourth-order valence-electron chi connectivity index (χ4n) is 5.73. The molecule has 3 nitrogen and oxygen atoms in total. The molecule has 0 amide bonds. The molecule has 0 aliphatic heterocycles. The third-order valence-electron chi connectivity index (χ3n) is 7.82. The van der Waals surface area contributed by atoms with Gasteiger partial charge in [-0.15, -0.1) is 0 Å². The molecule has 2 atom stereocenters. The van der Waals surface area contributed by atoms with E-state index in [1.165, 1.54) is 38.6 Å². The Morgan fingerprint density at radius 3 is 2.11 bits per heavy atom. The van der Waals surface area contributed by atoms with Gasteiger partial charge in [0.15, 0.2) is 6.04 Å². The number of methoxy groups -OCH3 is 1. The third kappa shape index (κ3) is 4.82. The number of hydrogen-bond donors (Lipinski definition) is 1. The molecule has 0 bridgehead atoms. The van der Waals surface area contributed by atoms with Crippen LogP contribution >= 0.6 is 0 Å². The lowest BCUT2D eigenvalue weighted by Gasteiger charge is -2.23. The number of pyridine rings is 1. The van der Waals surface area contributed by atoms with E-state index in [2.05, 4.69) is 118 Å². The molecule has 4 aromatic carbocycles. The second kappa shape index (κ2) is 10.8. The summed E-state index contributed by atoms with van der Waals surface area (Å²) >= 11 is 0. The second-order valence-corrected chi connectivity index (χ2v) is 10.5. The summed E-state index contributed by atoms with van der Waals surface area (Å²) in [6, 6.07) is 34.1. The first kappa shape index (κ1) is 25.7. The largest absolute Gasteiger partial charge is 0.497 e. The van der Waals surface area contributed by atoms with Gasteiger partial charge in [-0.1, -0.05) is 106 Å². The van der Waals surface area contributed by atoms with Crippen molar-refractivity contribution >= 4 is 10.8 Å². The molecular formula is C35H37N2O+. The Morgan fingerprint density at radius 2 is 1.34 bits per heavy atom. The van der Waals surface area contributed by atoms with Crippen molar-refractivity contribution in [3.05, 3.63) is 131 Å². The van der Waals surface area contributed by atoms with Crippen LogP contribution in [0.5, 0.6) is 5.75 Å². The van der Waals surface area contributed by atoms with E-state index in [0.29, 0.717) is 5.92 Å². The first-order valence-electron chi connectivity index (χ1n) is 13.4. The highest BCUT2D eigenvalue weighted by molar-refractivity contribution is 5.95. The maximum atomic E-state index is 5.75. The van der Waals surface area contributed by atoms with Crippen LogP contribution in [0.15, 0.2) is 97.1 Å². The molecule has 38 heavy (non-hydrogen) atoms. The number of quaternary nitrogens is 1. The van der Waals surface area contributed by atoms with Gasteiger partial charge in [-0.3, -0.25) is 0 Å². The number of aromatic nitrogens is 1. The fourth-order valence-corrected chi connectivity index (χ4v) is 5.73. The normalized spacial score (nSPS) is 13.0. The second-order valence-electron chi connectivity index (χ2n) is 10.5. The smallest absolute Gasteiger partial charge is 0.153 e. The summed E-state index contributed by atoms with van der Waals surface area (Å²) < 4.78 is 5.75. The van der Waals surface area contributed by atoms with Crippen LogP contribution < -0.4 is 10.5 Å². The van der Waals surface area contributed by atoms with E-state index in [1.54, 1.807) is 7.11 Å². The predicted octanol–water partition coefficient (Wildman–Crippen LogP) is 7.83. The van der Waals surface area contributed by atoms with Crippen LogP contribution in [0.1, 0.15) is 72.2 Å². The molecular weight excluding hydrogens is 464 g/mol. The Kier molecular flexibility index (Phi) is 7.31. The van der Waals surface area contributed by atoms with Crippen LogP contribution in [0.4, 0.5) is 0 Å². The van der Waals surface area contributed by atoms with Gasteiger partial charge in [0.25, 0.3) is 0 Å². The van der Waals surface area contributed by atoms with Crippen molar-refractivity contribution in [2.45, 2.75) is 45.6 Å². The van der Waals surface area contributed by atoms with Crippen LogP contribution in [-0.2, 0) is 0 Å². The topological polar surface area (TPSA) is 49.8 Å². The monoisotopic (exact) mass is 501 g/mol. The predicted molar refractivity (Wildman–Crippen MR) is 158 cm³/mol. The molecule has 0 saturated carbocycles. The Hall–Kier alpha value is -3.95. The minimum absolute atomic E-state index is 0.147. The van der Waals surface area contributed by atoms with Gasteiger partial charge in [0.05, 0.1) is 12.8 Å². The standard InChI is InChI=1S/C35H36N2O/c1-22(2)27-17-11-18-28(23(27)3)24(4)29-14-8-9-16-32(29)35(36)34-21-26(38-5)20-33(37-34)31-19-10-13-25-12-6-7-15-30(25)31/h6-22,24,35H,36H2,1-5H3/p+1. The van der Waals surface area contributed by atoms with Crippen molar-refractivity contribution in [2.75, 3.05) is 7.11 Å². The van der Waals surface area contributed by atoms with Gasteiger partial charge in [0.2, 0.25) is 0 Å². The van der Waals surface area contributed by atoms with Gasteiger partial charge in [-0.25, -0.2) is 4.98 Å². The molecule has 3 N–H and O–H groups in total. The summed E-state index contributed by atoms with van der Waals surface area (Å²) in [7, 11) is 1.71. The summed E-state index contributed by atoms with van der Waals surface area (Å²) in [6.07, 6.45) is 0. The quantitative estimate of drug-likeness (QED) is 0.247. The van der Waals surface area contributed by atoms with Crippen molar-refractivity contribution in [2.24, 2.45) is 0 Å². The average Bonchev–Trinajstić information content (AvgIpc) is 2.95. The lowest BCUT2D eigenvalue weighted by Crippen LogP contribution is -2.54. The molecule has 0 fully saturated rings. The highest BCUT2D eigenvalue weighted by Crippen LogP contribution is 2.36. The van der Waals surface area contributed by atoms with Crippen molar-refractivity contribution in [3.63, 3.8) is 0 Å². The van der Waals surface area contributed by atoms with E-state index >= 15 is 0 Å². The van der Waals surface area contributed by atoms with E-state index in [4.69, 9.17) is 9.72 Å². The first-order valence-corrected chi connectivity index (χ1v) is 13.4. The zero-order chi connectivity index (χ0) is 26.8. The van der Waals surface area contributed by atoms with Gasteiger partial charge in [-0.2, -0.15) is 0 Å². The summed E-state index contributed by atoms with van der Waals surface area (Å²) in [6.45, 7) is 9.08. The summed E-state index contributed by atoms with van der Waals surface area (Å²) in [4.78, 5) is 5.16. The Bertz CT molecular complexity index is 1580. The van der Waals surface area contributed by atoms with Crippen molar-refractivity contribution in [1.29, 1.82) is 0 Å². The van der Waals surface area contributed by atoms with Gasteiger partial charge in [0.1, 0.15) is 11.4 Å². The SMILES string of the molecule is COc1cc(-c2cccc3ccccc23)nc(C([NH3+])c2ccccc2C(C)c2cccc(C(C)C)c2C)c1. The molecule has 3 heteroatoms. The first-order chi connectivity index (χ1) is 18.4. The van der Waals surface area contributed by atoms with E-state index in [0.717, 1.165) is 22.7 Å². The van der Waals surface area contributed by atoms with Gasteiger partial charge in [0, 0.05) is 29.2 Å². The lowest BCUT2D eigenvalue weighted by atomic mass is 9.82. The van der Waals surface area contributed by atoms with Gasteiger partial charge >= 0.3 is 0 Å². The average molecular weight is 502 g/mol. The van der Waals surface area contributed by atoms with E-state index in [9.17, 15) is 0 Å². The van der Waals surface area contributed by atoms with Gasteiger partial charge < -0.3 is 10.5 Å². The molecule has 5 aromatic rings. The van der Waals surface area contributed by atoms with Crippen LogP contribution in [0.2, 0.25) is 0 Å². The van der Waals surface area contributed by atoms with Crippen molar-refractivity contribution < 1.29 is 10.5 Å². The molecule has 192 valence electrons. The number of benzene rings is 4. The Balaban J connectivity index is 1.60. The number of hydrogen-bond acceptors (Lipinski definition) is 2. The molecule has 0 aliphatic rings. The Morgan fingerprint density at radius 1 is 0.711 bits per heavy atom. The fraction of sp³-hybridized carbons (Fsp3) is 0.229. The number of rotatable bonds is 7. The summed E-state index contributed by atoms with van der Waals surface area (Å²) in [5.74, 6) is 1.52. The molecule has 1 aromatic heterocycles. The zero-order valence-corrected chi connectivity index (χ0v) is 23.0. The highest BCUT2D eigenvalue weighted by atomic mass is 16.5. The molecule has 2 unspecified atom stereocenters. The molecule has 0 saturated heterocycles. The molecule has 0 aliphatic carbocycles. The Labute approximate surface area is 226 Å².